The second-order valence-electron chi connectivity index (χ2n) is 4.37. The molecule has 1 saturated heterocycles. The van der Waals surface area contributed by atoms with Crippen LogP contribution in [0.3, 0.4) is 0 Å². The first-order chi connectivity index (χ1) is 7.77. The lowest BCUT2D eigenvalue weighted by molar-refractivity contribution is -0.00671. The van der Waals surface area contributed by atoms with Crippen LogP contribution in [-0.2, 0) is 11.3 Å². The fraction of sp³-hybridized carbons (Fsp3) is 0.500. The SMILES string of the molecule is Clc1ccc(Cl)c2c1CO[C@@H]1CCNC[C@@H]21. The molecule has 0 bridgehead atoms. The van der Waals surface area contributed by atoms with Gasteiger partial charge in [0.05, 0.1) is 12.7 Å². The highest BCUT2D eigenvalue weighted by atomic mass is 35.5. The molecule has 2 aliphatic heterocycles. The third-order valence-electron chi connectivity index (χ3n) is 3.48. The van der Waals surface area contributed by atoms with Crippen LogP contribution in [0.4, 0.5) is 0 Å². The van der Waals surface area contributed by atoms with Crippen molar-refractivity contribution in [1.82, 2.24) is 5.32 Å². The van der Waals surface area contributed by atoms with Crippen molar-refractivity contribution in [3.63, 3.8) is 0 Å². The average molecular weight is 258 g/mol. The predicted molar refractivity (Wildman–Crippen MR) is 65.3 cm³/mol. The van der Waals surface area contributed by atoms with Gasteiger partial charge in [-0.2, -0.15) is 0 Å². The molecule has 0 radical (unpaired) electrons. The van der Waals surface area contributed by atoms with Crippen LogP contribution in [0.5, 0.6) is 0 Å². The first-order valence-corrected chi connectivity index (χ1v) is 6.32. The number of nitrogens with one attached hydrogen (secondary N) is 1. The van der Waals surface area contributed by atoms with Crippen LogP contribution in [-0.4, -0.2) is 19.2 Å². The lowest BCUT2D eigenvalue weighted by Gasteiger charge is -2.38. The summed E-state index contributed by atoms with van der Waals surface area (Å²) in [5.41, 5.74) is 2.26. The molecule has 1 aromatic carbocycles. The highest BCUT2D eigenvalue weighted by Gasteiger charge is 2.34. The molecular formula is C12H13Cl2NO. The van der Waals surface area contributed by atoms with Gasteiger partial charge in [0.25, 0.3) is 0 Å². The quantitative estimate of drug-likeness (QED) is 0.772. The summed E-state index contributed by atoms with van der Waals surface area (Å²) in [5.74, 6) is 0.351. The van der Waals surface area contributed by atoms with E-state index in [1.165, 1.54) is 5.56 Å². The van der Waals surface area contributed by atoms with Crippen molar-refractivity contribution in [2.24, 2.45) is 0 Å². The second kappa shape index (κ2) is 4.19. The number of piperidine rings is 1. The van der Waals surface area contributed by atoms with E-state index in [1.807, 2.05) is 12.1 Å². The molecule has 0 aliphatic carbocycles. The number of hydrogen-bond acceptors (Lipinski definition) is 2. The summed E-state index contributed by atoms with van der Waals surface area (Å²) in [5, 5.41) is 4.98. The van der Waals surface area contributed by atoms with Gasteiger partial charge in [-0.1, -0.05) is 23.2 Å². The highest BCUT2D eigenvalue weighted by Crippen LogP contribution is 2.41. The predicted octanol–water partition coefficient (Wildman–Crippen LogP) is 2.97. The molecule has 4 heteroatoms. The van der Waals surface area contributed by atoms with Crippen molar-refractivity contribution in [1.29, 1.82) is 0 Å². The van der Waals surface area contributed by atoms with Gasteiger partial charge in [0.15, 0.2) is 0 Å². The van der Waals surface area contributed by atoms with Gasteiger partial charge in [-0.05, 0) is 30.7 Å². The van der Waals surface area contributed by atoms with E-state index in [0.29, 0.717) is 18.6 Å². The fourth-order valence-corrected chi connectivity index (χ4v) is 3.21. The molecule has 2 heterocycles. The Kier molecular flexibility index (Phi) is 2.84. The molecule has 0 amide bonds. The smallest absolute Gasteiger partial charge is 0.0738 e. The Morgan fingerprint density at radius 3 is 2.94 bits per heavy atom. The average Bonchev–Trinajstić information content (AvgIpc) is 2.33. The van der Waals surface area contributed by atoms with E-state index in [9.17, 15) is 0 Å². The van der Waals surface area contributed by atoms with Gasteiger partial charge >= 0.3 is 0 Å². The number of fused-ring (bicyclic) bond motifs is 3. The molecule has 3 rings (SSSR count). The zero-order valence-corrected chi connectivity index (χ0v) is 10.3. The summed E-state index contributed by atoms with van der Waals surface area (Å²) in [6, 6.07) is 3.74. The Labute approximate surface area is 105 Å². The number of halogens is 2. The minimum Gasteiger partial charge on any atom is -0.373 e. The molecule has 2 atom stereocenters. The number of rotatable bonds is 0. The molecule has 1 N–H and O–H groups in total. The van der Waals surface area contributed by atoms with Crippen LogP contribution < -0.4 is 5.32 Å². The molecule has 0 aromatic heterocycles. The molecule has 0 saturated carbocycles. The fourth-order valence-electron chi connectivity index (χ4n) is 2.67. The molecule has 2 aliphatic rings. The van der Waals surface area contributed by atoms with E-state index in [2.05, 4.69) is 5.32 Å². The van der Waals surface area contributed by atoms with Gasteiger partial charge in [-0.25, -0.2) is 0 Å². The van der Waals surface area contributed by atoms with Gasteiger partial charge in [0.2, 0.25) is 0 Å². The van der Waals surface area contributed by atoms with E-state index in [0.717, 1.165) is 35.1 Å². The van der Waals surface area contributed by atoms with Crippen molar-refractivity contribution >= 4 is 23.2 Å². The van der Waals surface area contributed by atoms with Crippen molar-refractivity contribution in [3.05, 3.63) is 33.3 Å². The minimum atomic E-state index is 0.296. The molecule has 0 unspecified atom stereocenters. The van der Waals surface area contributed by atoms with E-state index >= 15 is 0 Å². The topological polar surface area (TPSA) is 21.3 Å². The van der Waals surface area contributed by atoms with Crippen LogP contribution in [0.25, 0.3) is 0 Å². The van der Waals surface area contributed by atoms with Crippen LogP contribution >= 0.6 is 23.2 Å². The van der Waals surface area contributed by atoms with Gasteiger partial charge < -0.3 is 10.1 Å². The van der Waals surface area contributed by atoms with Crippen molar-refractivity contribution in [3.8, 4) is 0 Å². The van der Waals surface area contributed by atoms with Crippen molar-refractivity contribution in [2.45, 2.75) is 25.0 Å². The Morgan fingerprint density at radius 1 is 1.25 bits per heavy atom. The third kappa shape index (κ3) is 1.65. The van der Waals surface area contributed by atoms with Crippen molar-refractivity contribution in [2.75, 3.05) is 13.1 Å². The summed E-state index contributed by atoms with van der Waals surface area (Å²) >= 11 is 12.5. The Balaban J connectivity index is 2.10. The van der Waals surface area contributed by atoms with Gasteiger partial charge in [0, 0.05) is 28.1 Å². The molecule has 1 fully saturated rings. The Morgan fingerprint density at radius 2 is 2.06 bits per heavy atom. The highest BCUT2D eigenvalue weighted by molar-refractivity contribution is 6.34. The zero-order valence-electron chi connectivity index (χ0n) is 8.80. The molecular weight excluding hydrogens is 245 g/mol. The monoisotopic (exact) mass is 257 g/mol. The molecule has 1 aromatic rings. The zero-order chi connectivity index (χ0) is 11.1. The number of ether oxygens (including phenoxy) is 1. The first-order valence-electron chi connectivity index (χ1n) is 5.56. The van der Waals surface area contributed by atoms with Gasteiger partial charge in [-0.3, -0.25) is 0 Å². The van der Waals surface area contributed by atoms with Crippen LogP contribution in [0.2, 0.25) is 10.0 Å². The lowest BCUT2D eigenvalue weighted by Crippen LogP contribution is -2.42. The Hall–Kier alpha value is -0.280. The minimum absolute atomic E-state index is 0.296. The van der Waals surface area contributed by atoms with Gasteiger partial charge in [-0.15, -0.1) is 0 Å². The standard InChI is InChI=1S/C12H13Cl2NO/c13-9-1-2-10(14)12-7-5-15-4-3-11(7)16-6-8(9)12/h1-2,7,11,15H,3-6H2/t7-,11-/m1/s1. The summed E-state index contributed by atoms with van der Waals surface area (Å²) in [7, 11) is 0. The van der Waals surface area contributed by atoms with Crippen LogP contribution in [0.1, 0.15) is 23.5 Å². The summed E-state index contributed by atoms with van der Waals surface area (Å²) in [4.78, 5) is 0. The molecule has 86 valence electrons. The first kappa shape index (κ1) is 10.8. The molecule has 16 heavy (non-hydrogen) atoms. The van der Waals surface area contributed by atoms with Crippen molar-refractivity contribution < 1.29 is 4.74 Å². The maximum Gasteiger partial charge on any atom is 0.0738 e. The maximum absolute atomic E-state index is 6.29. The van der Waals surface area contributed by atoms with Gasteiger partial charge in [0.1, 0.15) is 0 Å². The van der Waals surface area contributed by atoms with E-state index in [4.69, 9.17) is 27.9 Å². The summed E-state index contributed by atoms with van der Waals surface area (Å²) in [6.07, 6.45) is 1.34. The Bertz CT molecular complexity index is 422. The number of benzene rings is 1. The maximum atomic E-state index is 6.29. The van der Waals surface area contributed by atoms with E-state index in [1.54, 1.807) is 0 Å². The lowest BCUT2D eigenvalue weighted by atomic mass is 9.84. The van der Waals surface area contributed by atoms with E-state index < -0.39 is 0 Å². The molecule has 0 spiro atoms. The normalized spacial score (nSPS) is 28.4. The van der Waals surface area contributed by atoms with Crippen LogP contribution in [0.15, 0.2) is 12.1 Å². The van der Waals surface area contributed by atoms with Crippen LogP contribution in [0, 0.1) is 0 Å². The number of hydrogen-bond donors (Lipinski definition) is 1. The van der Waals surface area contributed by atoms with E-state index in [-0.39, 0.29) is 0 Å². The third-order valence-corrected chi connectivity index (χ3v) is 4.16. The molecule has 2 nitrogen and oxygen atoms in total. The summed E-state index contributed by atoms with van der Waals surface area (Å²) < 4.78 is 5.86. The second-order valence-corrected chi connectivity index (χ2v) is 5.18. The summed E-state index contributed by atoms with van der Waals surface area (Å²) in [6.45, 7) is 2.54. The largest absolute Gasteiger partial charge is 0.373 e.